The average Bonchev–Trinajstić information content (AvgIpc) is 2.51. The number of nitrogens with zero attached hydrogens (tertiary/aromatic N) is 1. The van der Waals surface area contributed by atoms with Crippen LogP contribution >= 0.6 is 0 Å². The van der Waals surface area contributed by atoms with Gasteiger partial charge in [0.1, 0.15) is 5.75 Å². The van der Waals surface area contributed by atoms with Gasteiger partial charge in [-0.1, -0.05) is 6.07 Å². The van der Waals surface area contributed by atoms with Crippen LogP contribution in [-0.2, 0) is 0 Å². The van der Waals surface area contributed by atoms with E-state index in [-0.39, 0.29) is 0 Å². The van der Waals surface area contributed by atoms with Crippen molar-refractivity contribution < 1.29 is 4.74 Å². The molecule has 0 amide bonds. The number of rotatable bonds is 3. The van der Waals surface area contributed by atoms with Gasteiger partial charge in [0.2, 0.25) is 0 Å². The number of nitrogens with two attached hydrogens (primary N) is 1. The second-order valence-corrected chi connectivity index (χ2v) is 4.93. The van der Waals surface area contributed by atoms with E-state index in [1.807, 2.05) is 49.5 Å². The first-order chi connectivity index (χ1) is 10.2. The summed E-state index contributed by atoms with van der Waals surface area (Å²) in [5.74, 6) is 0.873. The minimum Gasteiger partial charge on any atom is -0.496 e. The maximum absolute atomic E-state index is 6.25. The maximum Gasteiger partial charge on any atom is 0.121 e. The molecule has 0 saturated carbocycles. The van der Waals surface area contributed by atoms with E-state index in [0.29, 0.717) is 0 Å². The van der Waals surface area contributed by atoms with Gasteiger partial charge in [-0.3, -0.25) is 4.98 Å². The standard InChI is InChI=1S/C17H17N3O/c1-11-9-13(4-6-16(11)21-2)20-15-5-3-12-10-19-8-7-14(12)17(15)18/h3-10,20H,18H2,1-2H3. The molecule has 0 aliphatic rings. The molecular weight excluding hydrogens is 262 g/mol. The number of nitrogens with one attached hydrogen (secondary N) is 1. The van der Waals surface area contributed by atoms with Crippen LogP contribution in [0.15, 0.2) is 48.8 Å². The number of hydrogen-bond donors (Lipinski definition) is 2. The number of aromatic nitrogens is 1. The van der Waals surface area contributed by atoms with Crippen molar-refractivity contribution in [1.82, 2.24) is 4.98 Å². The van der Waals surface area contributed by atoms with Gasteiger partial charge in [-0.2, -0.15) is 0 Å². The van der Waals surface area contributed by atoms with Gasteiger partial charge < -0.3 is 15.8 Å². The molecule has 21 heavy (non-hydrogen) atoms. The van der Waals surface area contributed by atoms with E-state index in [1.165, 1.54) is 0 Å². The van der Waals surface area contributed by atoms with E-state index in [4.69, 9.17) is 10.5 Å². The summed E-state index contributed by atoms with van der Waals surface area (Å²) in [7, 11) is 1.67. The van der Waals surface area contributed by atoms with Crippen molar-refractivity contribution in [3.63, 3.8) is 0 Å². The summed E-state index contributed by atoms with van der Waals surface area (Å²) in [5, 5.41) is 5.39. The summed E-state index contributed by atoms with van der Waals surface area (Å²) < 4.78 is 5.27. The Labute approximate surface area is 123 Å². The van der Waals surface area contributed by atoms with Crippen molar-refractivity contribution in [1.29, 1.82) is 0 Å². The predicted octanol–water partition coefficient (Wildman–Crippen LogP) is 3.88. The van der Waals surface area contributed by atoms with Crippen LogP contribution in [-0.4, -0.2) is 12.1 Å². The number of methoxy groups -OCH3 is 1. The van der Waals surface area contributed by atoms with E-state index in [0.717, 1.165) is 39.1 Å². The lowest BCUT2D eigenvalue weighted by atomic mass is 10.1. The Morgan fingerprint density at radius 3 is 2.76 bits per heavy atom. The predicted molar refractivity (Wildman–Crippen MR) is 87.2 cm³/mol. The number of benzene rings is 2. The molecule has 0 spiro atoms. The SMILES string of the molecule is COc1ccc(Nc2ccc3cnccc3c2N)cc1C. The van der Waals surface area contributed by atoms with Gasteiger partial charge in [-0.15, -0.1) is 0 Å². The molecule has 0 radical (unpaired) electrons. The Morgan fingerprint density at radius 1 is 1.14 bits per heavy atom. The summed E-state index contributed by atoms with van der Waals surface area (Å²) in [6, 6.07) is 11.9. The molecule has 3 aromatic rings. The Hall–Kier alpha value is -2.75. The highest BCUT2D eigenvalue weighted by molar-refractivity contribution is 5.99. The monoisotopic (exact) mass is 279 g/mol. The Balaban J connectivity index is 1.98. The fourth-order valence-electron chi connectivity index (χ4n) is 2.41. The second kappa shape index (κ2) is 5.32. The molecule has 1 aromatic heterocycles. The van der Waals surface area contributed by atoms with E-state index >= 15 is 0 Å². The van der Waals surface area contributed by atoms with Crippen molar-refractivity contribution in [3.8, 4) is 5.75 Å². The van der Waals surface area contributed by atoms with Crippen molar-refractivity contribution in [2.75, 3.05) is 18.2 Å². The number of anilines is 3. The summed E-state index contributed by atoms with van der Waals surface area (Å²) in [6.45, 7) is 2.01. The van der Waals surface area contributed by atoms with Crippen LogP contribution in [0.1, 0.15) is 5.56 Å². The van der Waals surface area contributed by atoms with Gasteiger partial charge in [0.15, 0.2) is 0 Å². The third-order valence-electron chi connectivity index (χ3n) is 3.54. The maximum atomic E-state index is 6.25. The molecule has 3 rings (SSSR count). The van der Waals surface area contributed by atoms with Crippen LogP contribution in [0.25, 0.3) is 10.8 Å². The Kier molecular flexibility index (Phi) is 3.36. The number of fused-ring (bicyclic) bond motifs is 1. The fourth-order valence-corrected chi connectivity index (χ4v) is 2.41. The van der Waals surface area contributed by atoms with Crippen molar-refractivity contribution >= 4 is 27.8 Å². The van der Waals surface area contributed by atoms with Gasteiger partial charge in [0.05, 0.1) is 18.5 Å². The van der Waals surface area contributed by atoms with E-state index in [1.54, 1.807) is 13.3 Å². The first-order valence-electron chi connectivity index (χ1n) is 6.73. The molecule has 0 atom stereocenters. The van der Waals surface area contributed by atoms with Crippen molar-refractivity contribution in [2.45, 2.75) is 6.92 Å². The zero-order valence-electron chi connectivity index (χ0n) is 12.1. The molecule has 2 aromatic carbocycles. The molecule has 3 N–H and O–H groups in total. The first kappa shape index (κ1) is 13.2. The van der Waals surface area contributed by atoms with E-state index < -0.39 is 0 Å². The fraction of sp³-hybridized carbons (Fsp3) is 0.118. The number of pyridine rings is 1. The molecule has 1 heterocycles. The summed E-state index contributed by atoms with van der Waals surface area (Å²) in [6.07, 6.45) is 3.56. The third-order valence-corrected chi connectivity index (χ3v) is 3.54. The largest absolute Gasteiger partial charge is 0.496 e. The van der Waals surface area contributed by atoms with E-state index in [2.05, 4.69) is 10.3 Å². The normalized spacial score (nSPS) is 10.6. The average molecular weight is 279 g/mol. The summed E-state index contributed by atoms with van der Waals surface area (Å²) in [5.41, 5.74) is 9.91. The summed E-state index contributed by atoms with van der Waals surface area (Å²) in [4.78, 5) is 4.11. The zero-order chi connectivity index (χ0) is 14.8. The van der Waals surface area contributed by atoms with Gasteiger partial charge in [0.25, 0.3) is 0 Å². The molecule has 0 aliphatic carbocycles. The summed E-state index contributed by atoms with van der Waals surface area (Å²) >= 11 is 0. The van der Waals surface area contributed by atoms with Crippen LogP contribution in [0.5, 0.6) is 5.75 Å². The quantitative estimate of drug-likeness (QED) is 0.714. The minimum atomic E-state index is 0.725. The molecule has 0 aliphatic heterocycles. The molecule has 0 unspecified atom stereocenters. The van der Waals surface area contributed by atoms with E-state index in [9.17, 15) is 0 Å². The molecule has 0 saturated heterocycles. The molecule has 106 valence electrons. The molecule has 0 fully saturated rings. The van der Waals surface area contributed by atoms with Gasteiger partial charge in [-0.05, 0) is 42.8 Å². The third kappa shape index (κ3) is 2.48. The van der Waals surface area contributed by atoms with Crippen LogP contribution in [0.3, 0.4) is 0 Å². The van der Waals surface area contributed by atoms with Gasteiger partial charge >= 0.3 is 0 Å². The highest BCUT2D eigenvalue weighted by atomic mass is 16.5. The lowest BCUT2D eigenvalue weighted by Gasteiger charge is -2.13. The minimum absolute atomic E-state index is 0.725. The Bertz CT molecular complexity index is 799. The van der Waals surface area contributed by atoms with Crippen LogP contribution < -0.4 is 15.8 Å². The van der Waals surface area contributed by atoms with Crippen LogP contribution in [0.2, 0.25) is 0 Å². The highest BCUT2D eigenvalue weighted by Gasteiger charge is 2.06. The number of nitrogen functional groups attached to an aromatic ring is 1. The first-order valence-corrected chi connectivity index (χ1v) is 6.73. The lowest BCUT2D eigenvalue weighted by Crippen LogP contribution is -1.98. The number of hydrogen-bond acceptors (Lipinski definition) is 4. The number of ether oxygens (including phenoxy) is 1. The number of aryl methyl sites for hydroxylation is 1. The molecule has 4 heteroatoms. The van der Waals surface area contributed by atoms with Gasteiger partial charge in [0, 0.05) is 28.9 Å². The zero-order valence-corrected chi connectivity index (χ0v) is 12.1. The van der Waals surface area contributed by atoms with Gasteiger partial charge in [-0.25, -0.2) is 0 Å². The van der Waals surface area contributed by atoms with Crippen molar-refractivity contribution in [3.05, 3.63) is 54.4 Å². The Morgan fingerprint density at radius 2 is 2.00 bits per heavy atom. The lowest BCUT2D eigenvalue weighted by molar-refractivity contribution is 0.412. The van der Waals surface area contributed by atoms with Crippen LogP contribution in [0.4, 0.5) is 17.1 Å². The molecule has 4 nitrogen and oxygen atoms in total. The second-order valence-electron chi connectivity index (χ2n) is 4.93. The highest BCUT2D eigenvalue weighted by Crippen LogP contribution is 2.31. The molecular formula is C17H17N3O. The van der Waals surface area contributed by atoms with Crippen molar-refractivity contribution in [2.24, 2.45) is 0 Å². The molecule has 0 bridgehead atoms. The topological polar surface area (TPSA) is 60.2 Å². The smallest absolute Gasteiger partial charge is 0.121 e. The van der Waals surface area contributed by atoms with Crippen LogP contribution in [0, 0.1) is 6.92 Å².